The highest BCUT2D eigenvalue weighted by Crippen LogP contribution is 2.25. The summed E-state index contributed by atoms with van der Waals surface area (Å²) >= 11 is 0. The number of carboxylic acids is 1. The lowest BCUT2D eigenvalue weighted by Gasteiger charge is -2.10. The summed E-state index contributed by atoms with van der Waals surface area (Å²) in [5.41, 5.74) is 1.26. The smallest absolute Gasteiger partial charge is 0.328 e. The minimum atomic E-state index is -1.05. The lowest BCUT2D eigenvalue weighted by atomic mass is 10.1. The van der Waals surface area contributed by atoms with Crippen molar-refractivity contribution >= 4 is 12.0 Å². The molecule has 1 aromatic carbocycles. The maximum Gasteiger partial charge on any atom is 0.328 e. The van der Waals surface area contributed by atoms with Crippen molar-refractivity contribution in [2.75, 3.05) is 6.61 Å². The summed E-state index contributed by atoms with van der Waals surface area (Å²) in [6, 6.07) is 4.48. The molecule has 0 saturated heterocycles. The Hall–Kier alpha value is -1.68. The van der Waals surface area contributed by atoms with E-state index in [-0.39, 0.29) is 5.82 Å². The van der Waals surface area contributed by atoms with E-state index in [1.54, 1.807) is 6.07 Å². The highest BCUT2D eigenvalue weighted by molar-refractivity contribution is 5.85. The molecule has 3 nitrogen and oxygen atoms in total. The molecule has 0 spiro atoms. The molecule has 1 N–H and O–H groups in total. The second-order valence-corrected chi connectivity index (χ2v) is 5.23. The molecule has 4 heteroatoms. The van der Waals surface area contributed by atoms with Crippen molar-refractivity contribution < 1.29 is 19.0 Å². The van der Waals surface area contributed by atoms with Gasteiger partial charge in [0.2, 0.25) is 0 Å². The molecule has 2 rings (SSSR count). The SMILES string of the molecule is O=C(O)C=Cc1cc(F)cc(COCC2CCCC2)c1. The Kier molecular flexibility index (Phi) is 5.30. The second kappa shape index (κ2) is 7.20. The second-order valence-electron chi connectivity index (χ2n) is 5.23. The first-order valence-corrected chi connectivity index (χ1v) is 6.92. The van der Waals surface area contributed by atoms with Gasteiger partial charge in [-0.2, -0.15) is 0 Å². The van der Waals surface area contributed by atoms with Crippen LogP contribution >= 0.6 is 0 Å². The quantitative estimate of drug-likeness (QED) is 0.808. The van der Waals surface area contributed by atoms with Crippen LogP contribution in [0.3, 0.4) is 0 Å². The molecule has 1 fully saturated rings. The molecule has 0 amide bonds. The molecule has 0 radical (unpaired) electrons. The summed E-state index contributed by atoms with van der Waals surface area (Å²) in [5.74, 6) is -0.791. The largest absolute Gasteiger partial charge is 0.478 e. The zero-order valence-corrected chi connectivity index (χ0v) is 11.3. The van der Waals surface area contributed by atoms with Crippen LogP contribution in [0.5, 0.6) is 0 Å². The van der Waals surface area contributed by atoms with Crippen molar-refractivity contribution in [1.82, 2.24) is 0 Å². The van der Waals surface area contributed by atoms with Gasteiger partial charge < -0.3 is 9.84 Å². The van der Waals surface area contributed by atoms with Crippen LogP contribution in [0.25, 0.3) is 6.08 Å². The summed E-state index contributed by atoms with van der Waals surface area (Å²) in [6.45, 7) is 1.08. The van der Waals surface area contributed by atoms with Gasteiger partial charge in [-0.3, -0.25) is 0 Å². The molecule has 0 aromatic heterocycles. The van der Waals surface area contributed by atoms with Crippen LogP contribution in [-0.4, -0.2) is 17.7 Å². The topological polar surface area (TPSA) is 46.5 Å². The lowest BCUT2D eigenvalue weighted by Crippen LogP contribution is -2.05. The van der Waals surface area contributed by atoms with Gasteiger partial charge in [0.25, 0.3) is 0 Å². The van der Waals surface area contributed by atoms with Crippen molar-refractivity contribution in [3.8, 4) is 0 Å². The first-order valence-electron chi connectivity index (χ1n) is 6.92. The van der Waals surface area contributed by atoms with Crippen molar-refractivity contribution in [1.29, 1.82) is 0 Å². The number of carbonyl (C=O) groups is 1. The summed E-state index contributed by atoms with van der Waals surface area (Å²) in [5, 5.41) is 8.57. The predicted molar refractivity (Wildman–Crippen MR) is 74.7 cm³/mol. The van der Waals surface area contributed by atoms with Gasteiger partial charge >= 0.3 is 5.97 Å². The monoisotopic (exact) mass is 278 g/mol. The predicted octanol–water partition coefficient (Wildman–Crippen LogP) is 3.63. The minimum Gasteiger partial charge on any atom is -0.478 e. The molecule has 0 bridgehead atoms. The molecule has 0 heterocycles. The van der Waals surface area contributed by atoms with Crippen LogP contribution in [-0.2, 0) is 16.1 Å². The van der Waals surface area contributed by atoms with Crippen LogP contribution in [0.2, 0.25) is 0 Å². The molecule has 1 aromatic rings. The molecule has 0 atom stereocenters. The molecule has 0 aliphatic heterocycles. The maximum absolute atomic E-state index is 13.4. The molecule has 1 aliphatic rings. The number of hydrogen-bond acceptors (Lipinski definition) is 2. The maximum atomic E-state index is 13.4. The molecule has 0 unspecified atom stereocenters. The summed E-state index contributed by atoms with van der Waals surface area (Å²) < 4.78 is 19.1. The number of halogens is 1. The van der Waals surface area contributed by atoms with Crippen LogP contribution < -0.4 is 0 Å². The van der Waals surface area contributed by atoms with Crippen molar-refractivity contribution in [3.63, 3.8) is 0 Å². The highest BCUT2D eigenvalue weighted by Gasteiger charge is 2.14. The van der Waals surface area contributed by atoms with E-state index in [2.05, 4.69) is 0 Å². The number of aliphatic carboxylic acids is 1. The Morgan fingerprint density at radius 2 is 2.10 bits per heavy atom. The van der Waals surface area contributed by atoms with E-state index in [4.69, 9.17) is 9.84 Å². The number of ether oxygens (including phenoxy) is 1. The standard InChI is InChI=1S/C16H19FO3/c17-15-8-13(5-6-16(18)19)7-14(9-15)11-20-10-12-3-1-2-4-12/h5-9,12H,1-4,10-11H2,(H,18,19). The fraction of sp³-hybridized carbons (Fsp3) is 0.438. The van der Waals surface area contributed by atoms with Gasteiger partial charge in [0.1, 0.15) is 5.82 Å². The van der Waals surface area contributed by atoms with E-state index < -0.39 is 5.97 Å². The highest BCUT2D eigenvalue weighted by atomic mass is 19.1. The Morgan fingerprint density at radius 3 is 2.80 bits per heavy atom. The van der Waals surface area contributed by atoms with Gasteiger partial charge in [0.05, 0.1) is 6.61 Å². The minimum absolute atomic E-state index is 0.363. The molecule has 1 aliphatic carbocycles. The number of rotatable bonds is 6. The van der Waals surface area contributed by atoms with Crippen molar-refractivity contribution in [2.45, 2.75) is 32.3 Å². The van der Waals surface area contributed by atoms with Gasteiger partial charge in [-0.15, -0.1) is 0 Å². The Balaban J connectivity index is 1.91. The molecular formula is C16H19FO3. The van der Waals surface area contributed by atoms with Crippen molar-refractivity contribution in [2.24, 2.45) is 5.92 Å². The number of benzene rings is 1. The van der Waals surface area contributed by atoms with Crippen molar-refractivity contribution in [3.05, 3.63) is 41.2 Å². The molecule has 20 heavy (non-hydrogen) atoms. The van der Waals surface area contributed by atoms with Crippen LogP contribution in [0.4, 0.5) is 4.39 Å². The number of carboxylic acid groups (broad SMARTS) is 1. The van der Waals surface area contributed by atoms with E-state index in [1.807, 2.05) is 0 Å². The van der Waals surface area contributed by atoms with E-state index in [1.165, 1.54) is 43.9 Å². The first-order chi connectivity index (χ1) is 9.63. The van der Waals surface area contributed by atoms with E-state index >= 15 is 0 Å². The third-order valence-corrected chi connectivity index (χ3v) is 3.50. The van der Waals surface area contributed by atoms with Gasteiger partial charge in [0, 0.05) is 12.7 Å². The molecule has 1 saturated carbocycles. The van der Waals surface area contributed by atoms with Gasteiger partial charge in [0.15, 0.2) is 0 Å². The van der Waals surface area contributed by atoms with Gasteiger partial charge in [-0.1, -0.05) is 12.8 Å². The Morgan fingerprint density at radius 1 is 1.35 bits per heavy atom. The number of hydrogen-bond donors (Lipinski definition) is 1. The normalized spacial score (nSPS) is 16.1. The summed E-state index contributed by atoms with van der Waals surface area (Å²) in [6.07, 6.45) is 7.37. The fourth-order valence-corrected chi connectivity index (χ4v) is 2.54. The fourth-order valence-electron chi connectivity index (χ4n) is 2.54. The van der Waals surface area contributed by atoms with Crippen LogP contribution in [0.1, 0.15) is 36.8 Å². The van der Waals surface area contributed by atoms with Crippen LogP contribution in [0.15, 0.2) is 24.3 Å². The molecular weight excluding hydrogens is 259 g/mol. The van der Waals surface area contributed by atoms with E-state index in [0.717, 1.165) is 18.2 Å². The Labute approximate surface area is 118 Å². The van der Waals surface area contributed by atoms with Crippen LogP contribution in [0, 0.1) is 11.7 Å². The Bertz CT molecular complexity index is 490. The van der Waals surface area contributed by atoms with E-state index in [9.17, 15) is 9.18 Å². The first kappa shape index (κ1) is 14.7. The van der Waals surface area contributed by atoms with Gasteiger partial charge in [-0.05, 0) is 54.2 Å². The van der Waals surface area contributed by atoms with E-state index in [0.29, 0.717) is 18.1 Å². The average Bonchev–Trinajstić information content (AvgIpc) is 2.89. The lowest BCUT2D eigenvalue weighted by molar-refractivity contribution is -0.131. The third-order valence-electron chi connectivity index (χ3n) is 3.50. The zero-order valence-electron chi connectivity index (χ0n) is 11.3. The molecule has 108 valence electrons. The average molecular weight is 278 g/mol. The third kappa shape index (κ3) is 4.78. The van der Waals surface area contributed by atoms with Gasteiger partial charge in [-0.25, -0.2) is 9.18 Å². The summed E-state index contributed by atoms with van der Waals surface area (Å²) in [7, 11) is 0. The zero-order chi connectivity index (χ0) is 14.4. The summed E-state index contributed by atoms with van der Waals surface area (Å²) in [4.78, 5) is 10.5.